The summed E-state index contributed by atoms with van der Waals surface area (Å²) < 4.78 is 19.2. The summed E-state index contributed by atoms with van der Waals surface area (Å²) in [6.07, 6.45) is 5.82. The summed E-state index contributed by atoms with van der Waals surface area (Å²) in [5.41, 5.74) is 0.110. The number of hydrogen-bond donors (Lipinski definition) is 1. The molecule has 0 bridgehead atoms. The van der Waals surface area contributed by atoms with E-state index in [1.165, 1.54) is 18.6 Å². The second-order valence-electron chi connectivity index (χ2n) is 6.74. The molecule has 2 fully saturated rings. The van der Waals surface area contributed by atoms with Crippen LogP contribution in [0, 0.1) is 11.7 Å². The molecule has 2 atom stereocenters. The predicted molar refractivity (Wildman–Crippen MR) is 76.0 cm³/mol. The van der Waals surface area contributed by atoms with E-state index < -0.39 is 5.60 Å². The average Bonchev–Trinajstić information content (AvgIpc) is 2.36. The van der Waals surface area contributed by atoms with Gasteiger partial charge in [-0.2, -0.15) is 0 Å². The lowest BCUT2D eigenvalue weighted by Crippen LogP contribution is -2.51. The summed E-state index contributed by atoms with van der Waals surface area (Å²) in [5.74, 6) is 0.000517. The fraction of sp³-hybridized carbons (Fsp3) is 0.647. The Balaban J connectivity index is 1.70. The molecule has 110 valence electrons. The minimum Gasteiger partial charge on any atom is -0.390 e. The van der Waals surface area contributed by atoms with Gasteiger partial charge in [0.05, 0.1) is 11.2 Å². The van der Waals surface area contributed by atoms with Crippen molar-refractivity contribution in [2.45, 2.75) is 56.7 Å². The molecule has 1 saturated carbocycles. The van der Waals surface area contributed by atoms with E-state index in [9.17, 15) is 9.50 Å². The Bertz CT molecular complexity index is 480. The zero-order valence-electron chi connectivity index (χ0n) is 12.1. The van der Waals surface area contributed by atoms with Crippen LogP contribution in [0.25, 0.3) is 0 Å². The highest BCUT2D eigenvalue weighted by Crippen LogP contribution is 2.47. The van der Waals surface area contributed by atoms with Crippen LogP contribution in [0.3, 0.4) is 0 Å². The zero-order chi connectivity index (χ0) is 14.2. The van der Waals surface area contributed by atoms with Crippen molar-refractivity contribution in [1.29, 1.82) is 0 Å². The number of rotatable bonds is 3. The van der Waals surface area contributed by atoms with E-state index in [0.717, 1.165) is 37.9 Å². The molecular formula is C17H23FO2. The Morgan fingerprint density at radius 2 is 2.25 bits per heavy atom. The molecule has 1 aromatic carbocycles. The summed E-state index contributed by atoms with van der Waals surface area (Å²) in [4.78, 5) is 0. The zero-order valence-corrected chi connectivity index (χ0v) is 12.1. The lowest BCUT2D eigenvalue weighted by molar-refractivity contribution is -0.172. The first-order valence-corrected chi connectivity index (χ1v) is 7.60. The Morgan fingerprint density at radius 1 is 1.45 bits per heavy atom. The summed E-state index contributed by atoms with van der Waals surface area (Å²) >= 11 is 0. The topological polar surface area (TPSA) is 29.5 Å². The van der Waals surface area contributed by atoms with E-state index >= 15 is 0 Å². The maximum atomic E-state index is 13.3. The monoisotopic (exact) mass is 278 g/mol. The minimum atomic E-state index is -0.792. The molecule has 0 amide bonds. The van der Waals surface area contributed by atoms with Gasteiger partial charge in [0.1, 0.15) is 5.82 Å². The quantitative estimate of drug-likeness (QED) is 0.917. The van der Waals surface area contributed by atoms with Crippen LogP contribution < -0.4 is 0 Å². The molecule has 0 aromatic heterocycles. The fourth-order valence-electron chi connectivity index (χ4n) is 3.68. The first-order chi connectivity index (χ1) is 9.49. The molecule has 2 aliphatic rings. The summed E-state index contributed by atoms with van der Waals surface area (Å²) in [5, 5.41) is 10.9. The molecule has 1 aromatic rings. The van der Waals surface area contributed by atoms with Gasteiger partial charge in [0, 0.05) is 13.0 Å². The highest BCUT2D eigenvalue weighted by atomic mass is 19.1. The normalized spacial score (nSPS) is 27.9. The maximum absolute atomic E-state index is 13.3. The lowest BCUT2D eigenvalue weighted by Gasteiger charge is -2.50. The highest BCUT2D eigenvalue weighted by Gasteiger charge is 2.47. The van der Waals surface area contributed by atoms with Gasteiger partial charge >= 0.3 is 0 Å². The molecule has 1 heterocycles. The van der Waals surface area contributed by atoms with E-state index in [0.29, 0.717) is 6.42 Å². The molecule has 2 unspecified atom stereocenters. The van der Waals surface area contributed by atoms with Crippen LogP contribution >= 0.6 is 0 Å². The molecule has 1 N–H and O–H groups in total. The van der Waals surface area contributed by atoms with Crippen molar-refractivity contribution in [2.75, 3.05) is 6.61 Å². The smallest absolute Gasteiger partial charge is 0.123 e. The van der Waals surface area contributed by atoms with Gasteiger partial charge < -0.3 is 9.84 Å². The van der Waals surface area contributed by atoms with Crippen LogP contribution in [-0.4, -0.2) is 22.9 Å². The standard InChI is InChI=1S/C17H23FO2/c1-16(19,11-13-4-2-5-15(18)10-13)14-6-9-20-17(12-14)7-3-8-17/h2,4-5,10,14,19H,3,6-9,11-12H2,1H3. The van der Waals surface area contributed by atoms with Crippen LogP contribution in [0.15, 0.2) is 24.3 Å². The Kier molecular flexibility index (Phi) is 3.59. The van der Waals surface area contributed by atoms with E-state index in [1.54, 1.807) is 6.07 Å². The molecule has 3 rings (SSSR count). The molecule has 1 saturated heterocycles. The maximum Gasteiger partial charge on any atom is 0.123 e. The van der Waals surface area contributed by atoms with Gasteiger partial charge in [0.2, 0.25) is 0 Å². The van der Waals surface area contributed by atoms with Crippen molar-refractivity contribution >= 4 is 0 Å². The van der Waals surface area contributed by atoms with Crippen LogP contribution in [-0.2, 0) is 11.2 Å². The van der Waals surface area contributed by atoms with Crippen LogP contribution in [0.2, 0.25) is 0 Å². The summed E-state index contributed by atoms with van der Waals surface area (Å²) in [6, 6.07) is 6.55. The Labute approximate surface area is 120 Å². The van der Waals surface area contributed by atoms with E-state index in [4.69, 9.17) is 4.74 Å². The predicted octanol–water partition coefficient (Wildman–Crippen LogP) is 3.47. The van der Waals surface area contributed by atoms with Gasteiger partial charge in [-0.15, -0.1) is 0 Å². The summed E-state index contributed by atoms with van der Waals surface area (Å²) in [7, 11) is 0. The molecule has 1 aliphatic carbocycles. The minimum absolute atomic E-state index is 0.0366. The summed E-state index contributed by atoms with van der Waals surface area (Å²) in [6.45, 7) is 2.63. The molecule has 1 aliphatic heterocycles. The second-order valence-corrected chi connectivity index (χ2v) is 6.74. The van der Waals surface area contributed by atoms with Gasteiger partial charge in [-0.05, 0) is 62.6 Å². The largest absolute Gasteiger partial charge is 0.390 e. The van der Waals surface area contributed by atoms with E-state index in [2.05, 4.69) is 0 Å². The number of hydrogen-bond acceptors (Lipinski definition) is 2. The average molecular weight is 278 g/mol. The number of halogens is 1. The van der Waals surface area contributed by atoms with Crippen molar-refractivity contribution in [3.05, 3.63) is 35.6 Å². The lowest BCUT2D eigenvalue weighted by atomic mass is 9.67. The molecular weight excluding hydrogens is 255 g/mol. The van der Waals surface area contributed by atoms with Crippen molar-refractivity contribution in [3.8, 4) is 0 Å². The number of benzene rings is 1. The van der Waals surface area contributed by atoms with Crippen LogP contribution in [0.5, 0.6) is 0 Å². The van der Waals surface area contributed by atoms with Crippen molar-refractivity contribution in [1.82, 2.24) is 0 Å². The van der Waals surface area contributed by atoms with Crippen molar-refractivity contribution < 1.29 is 14.2 Å². The van der Waals surface area contributed by atoms with Crippen molar-refractivity contribution in [3.63, 3.8) is 0 Å². The molecule has 2 nitrogen and oxygen atoms in total. The molecule has 20 heavy (non-hydrogen) atoms. The molecule has 1 spiro atoms. The molecule has 0 radical (unpaired) electrons. The Hall–Kier alpha value is -0.930. The van der Waals surface area contributed by atoms with Gasteiger partial charge in [-0.25, -0.2) is 4.39 Å². The highest BCUT2D eigenvalue weighted by molar-refractivity contribution is 5.19. The first-order valence-electron chi connectivity index (χ1n) is 7.60. The van der Waals surface area contributed by atoms with Crippen LogP contribution in [0.1, 0.15) is 44.6 Å². The van der Waals surface area contributed by atoms with Gasteiger partial charge in [-0.1, -0.05) is 12.1 Å². The second kappa shape index (κ2) is 5.12. The van der Waals surface area contributed by atoms with Crippen LogP contribution in [0.4, 0.5) is 4.39 Å². The van der Waals surface area contributed by atoms with E-state index in [1.807, 2.05) is 13.0 Å². The SMILES string of the molecule is CC(O)(Cc1cccc(F)c1)C1CCOC2(CCC2)C1. The third-order valence-electron chi connectivity index (χ3n) is 5.09. The van der Waals surface area contributed by atoms with Gasteiger partial charge in [-0.3, -0.25) is 0 Å². The van der Waals surface area contributed by atoms with Gasteiger partial charge in [0.15, 0.2) is 0 Å². The third-order valence-corrected chi connectivity index (χ3v) is 5.09. The van der Waals surface area contributed by atoms with Crippen molar-refractivity contribution in [2.24, 2.45) is 5.92 Å². The Morgan fingerprint density at radius 3 is 2.90 bits per heavy atom. The third kappa shape index (κ3) is 2.75. The molecule has 3 heteroatoms. The first kappa shape index (κ1) is 14.0. The number of aliphatic hydroxyl groups is 1. The number of ether oxygens (including phenoxy) is 1. The van der Waals surface area contributed by atoms with Gasteiger partial charge in [0.25, 0.3) is 0 Å². The van der Waals surface area contributed by atoms with E-state index in [-0.39, 0.29) is 17.3 Å². The fourth-order valence-corrected chi connectivity index (χ4v) is 3.68.